The maximum absolute atomic E-state index is 10.5. The monoisotopic (exact) mass is 989 g/mol. The van der Waals surface area contributed by atoms with E-state index in [4.69, 9.17) is 0 Å². The molecule has 0 bridgehead atoms. The molecule has 3 aromatic rings. The molecule has 2 unspecified atom stereocenters. The summed E-state index contributed by atoms with van der Waals surface area (Å²) >= 11 is 0. The molecule has 0 aliphatic carbocycles. The van der Waals surface area contributed by atoms with Gasteiger partial charge in [0.05, 0.1) is 6.10 Å². The van der Waals surface area contributed by atoms with Gasteiger partial charge in [-0.15, -0.1) is 0 Å². The van der Waals surface area contributed by atoms with Crippen molar-refractivity contribution in [2.75, 3.05) is 40.9 Å². The third-order valence-corrected chi connectivity index (χ3v) is 18.7. The summed E-state index contributed by atoms with van der Waals surface area (Å²) in [6, 6.07) is 20.9. The summed E-state index contributed by atoms with van der Waals surface area (Å²) in [5, 5.41) is 14.3. The molecule has 4 heterocycles. The lowest BCUT2D eigenvalue weighted by atomic mass is 9.51. The fourth-order valence-corrected chi connectivity index (χ4v) is 15.6. The molecule has 0 spiro atoms. The summed E-state index contributed by atoms with van der Waals surface area (Å²) in [6.45, 7) is 72.8. The fraction of sp³-hybridized carbons (Fsp3) is 0.731. The molecule has 1 saturated heterocycles. The topological polar surface area (TPSA) is 42.0 Å². The summed E-state index contributed by atoms with van der Waals surface area (Å²) < 4.78 is 0. The van der Waals surface area contributed by atoms with Gasteiger partial charge in [0.15, 0.2) is 0 Å². The van der Waals surface area contributed by atoms with Crippen LogP contribution in [-0.2, 0) is 16.2 Å². The van der Waals surface area contributed by atoms with E-state index in [9.17, 15) is 5.11 Å². The number of aliphatic hydroxyl groups is 1. The van der Waals surface area contributed by atoms with Crippen molar-refractivity contribution in [3.8, 4) is 0 Å². The fourth-order valence-electron chi connectivity index (χ4n) is 15.6. The molecule has 0 radical (unpaired) electrons. The van der Waals surface area contributed by atoms with Gasteiger partial charge in [0.2, 0.25) is 0 Å². The van der Waals surface area contributed by atoms with Crippen molar-refractivity contribution in [2.24, 2.45) is 32.5 Å². The molecular weight excluding hydrogens is 877 g/mol. The molecule has 5 heteroatoms. The highest BCUT2D eigenvalue weighted by Gasteiger charge is 2.62. The molecular formula is C67H112N4O. The van der Waals surface area contributed by atoms with E-state index in [0.717, 1.165) is 31.7 Å². The van der Waals surface area contributed by atoms with Crippen LogP contribution in [-0.4, -0.2) is 47.9 Å². The summed E-state index contributed by atoms with van der Waals surface area (Å²) in [5.74, 6) is 0. The Morgan fingerprint density at radius 1 is 0.458 bits per heavy atom. The molecule has 7 rings (SSSR count). The Bertz CT molecular complexity index is 2320. The van der Waals surface area contributed by atoms with E-state index < -0.39 is 6.10 Å². The van der Waals surface area contributed by atoms with Gasteiger partial charge in [-0.2, -0.15) is 0 Å². The number of hydrogen-bond donors (Lipinski definition) is 2. The minimum absolute atomic E-state index is 0.0316. The number of nitrogens with one attached hydrogen (secondary N) is 1. The lowest BCUT2D eigenvalue weighted by Gasteiger charge is -2.53. The van der Waals surface area contributed by atoms with Crippen LogP contribution < -0.4 is 20.0 Å². The van der Waals surface area contributed by atoms with E-state index in [1.807, 2.05) is 6.92 Å². The van der Waals surface area contributed by atoms with E-state index in [1.165, 1.54) is 41.0 Å². The molecule has 406 valence electrons. The summed E-state index contributed by atoms with van der Waals surface area (Å²) in [7, 11) is 0. The second kappa shape index (κ2) is 18.9. The number of aryl methyl sites for hydroxylation is 1. The summed E-state index contributed by atoms with van der Waals surface area (Å²) in [5.41, 5.74) is 14.3. The molecule has 5 nitrogen and oxygen atoms in total. The Morgan fingerprint density at radius 2 is 0.778 bits per heavy atom. The van der Waals surface area contributed by atoms with Crippen LogP contribution in [0.2, 0.25) is 0 Å². The smallest absolute Gasteiger partial charge is 0.0765 e. The van der Waals surface area contributed by atoms with Crippen molar-refractivity contribution in [2.45, 2.75) is 259 Å². The normalized spacial score (nSPS) is 20.6. The number of benzene rings is 3. The Morgan fingerprint density at radius 3 is 1.11 bits per heavy atom. The van der Waals surface area contributed by atoms with Crippen LogP contribution in [0.4, 0.5) is 17.1 Å². The number of hydrogen-bond acceptors (Lipinski definition) is 5. The predicted molar refractivity (Wildman–Crippen MR) is 318 cm³/mol. The van der Waals surface area contributed by atoms with Crippen LogP contribution in [0.25, 0.3) is 0 Å². The van der Waals surface area contributed by atoms with Gasteiger partial charge in [0.25, 0.3) is 0 Å². The van der Waals surface area contributed by atoms with Gasteiger partial charge in [0.1, 0.15) is 0 Å². The first-order valence-corrected chi connectivity index (χ1v) is 28.3. The average molecular weight is 990 g/mol. The Balaban J connectivity index is 0.000000201. The maximum Gasteiger partial charge on any atom is 0.0765 e. The average Bonchev–Trinajstić information content (AvgIpc) is 3.98. The van der Waals surface area contributed by atoms with E-state index >= 15 is 0 Å². The molecule has 1 fully saturated rings. The Labute approximate surface area is 445 Å². The minimum Gasteiger partial charge on any atom is -0.389 e. The Hall–Kier alpha value is -3.02. The number of rotatable bonds is 2. The van der Waals surface area contributed by atoms with Crippen LogP contribution in [0.15, 0.2) is 54.6 Å². The minimum atomic E-state index is -0.455. The van der Waals surface area contributed by atoms with Gasteiger partial charge in [-0.05, 0) is 180 Å². The van der Waals surface area contributed by atoms with E-state index in [-0.39, 0.29) is 65.4 Å². The van der Waals surface area contributed by atoms with Crippen molar-refractivity contribution >= 4 is 17.1 Å². The largest absolute Gasteiger partial charge is 0.389 e. The molecule has 4 aliphatic rings. The van der Waals surface area contributed by atoms with Gasteiger partial charge in [-0.1, -0.05) is 161 Å². The lowest BCUT2D eigenvalue weighted by Crippen LogP contribution is -2.55. The lowest BCUT2D eigenvalue weighted by molar-refractivity contribution is 0.0603. The molecule has 0 amide bonds. The zero-order chi connectivity index (χ0) is 55.4. The van der Waals surface area contributed by atoms with Gasteiger partial charge in [0, 0.05) is 75.6 Å². The quantitative estimate of drug-likeness (QED) is 0.268. The third kappa shape index (κ3) is 9.97. The second-order valence-electron chi connectivity index (χ2n) is 32.3. The maximum atomic E-state index is 10.5. The molecule has 2 atom stereocenters. The van der Waals surface area contributed by atoms with E-state index in [2.05, 4.69) is 268 Å². The van der Waals surface area contributed by atoms with E-state index in [1.54, 1.807) is 16.7 Å². The van der Waals surface area contributed by atoms with Crippen LogP contribution in [0, 0.1) is 39.4 Å². The van der Waals surface area contributed by atoms with Gasteiger partial charge >= 0.3 is 0 Å². The first kappa shape index (κ1) is 59.9. The van der Waals surface area contributed by atoms with Crippen LogP contribution in [0.1, 0.15) is 252 Å². The van der Waals surface area contributed by atoms with Crippen LogP contribution >= 0.6 is 0 Å². The zero-order valence-electron chi connectivity index (χ0n) is 52.4. The summed E-state index contributed by atoms with van der Waals surface area (Å²) in [4.78, 5) is 7.85. The van der Waals surface area contributed by atoms with Gasteiger partial charge < -0.3 is 25.1 Å². The predicted octanol–water partition coefficient (Wildman–Crippen LogP) is 17.7. The summed E-state index contributed by atoms with van der Waals surface area (Å²) in [6.07, 6.45) is 2.09. The molecule has 0 aromatic heterocycles. The van der Waals surface area contributed by atoms with E-state index in [0.29, 0.717) is 6.04 Å². The van der Waals surface area contributed by atoms with Crippen molar-refractivity contribution in [1.29, 1.82) is 0 Å². The van der Waals surface area contributed by atoms with Crippen molar-refractivity contribution < 1.29 is 5.11 Å². The zero-order valence-corrected chi connectivity index (χ0v) is 52.4. The SMILES string of the molecule is CC(C)(C)N1CC(C(C)(C)C)(C(C)(C)C)c2c(C3CCCN3)cccc21.CC(O)c1cccc2c1C(C(C)(C)C)(C(C)(C)C)CN2C(C)(C)C.Cc1cccc2c1C(C(C)(C)C)(C(C)(C)C)CN2C(C)(C)C. The first-order chi connectivity index (χ1) is 32.2. The number of fused-ring (bicyclic) bond motifs is 3. The Kier molecular flexibility index (Phi) is 15.7. The standard InChI is InChI=1S/C24H40N2.C22H37NO.C21H35N/c1-21(2,3)24(22(4,5)6)16-26(23(7,8)9)19-14-10-12-17(20(19)24)18-13-11-15-25-18;1-15(24)16-12-11-13-17-18(16)22(19(2,3)4,20(5,6)7)14-23(17)21(8,9)10;1-15-12-11-13-16-17(15)21(18(2,3)4,19(5,6)7)14-22(16)20(8,9)10/h10,12,14,18,25H,11,13,15-16H2,1-9H3;11-13,15,24H,14H2,1-10H3;11-13H,14H2,1-10H3. The number of anilines is 3. The highest BCUT2D eigenvalue weighted by Crippen LogP contribution is 2.65. The van der Waals surface area contributed by atoms with Crippen molar-refractivity contribution in [1.82, 2.24) is 5.32 Å². The van der Waals surface area contributed by atoms with Crippen LogP contribution in [0.3, 0.4) is 0 Å². The molecule has 0 saturated carbocycles. The number of aliphatic hydroxyl groups excluding tert-OH is 1. The van der Waals surface area contributed by atoms with Crippen molar-refractivity contribution in [3.63, 3.8) is 0 Å². The van der Waals surface area contributed by atoms with Crippen molar-refractivity contribution in [3.05, 3.63) is 88.0 Å². The second-order valence-corrected chi connectivity index (χ2v) is 32.3. The molecule has 3 aromatic carbocycles. The highest BCUT2D eigenvalue weighted by molar-refractivity contribution is 5.71. The molecule has 72 heavy (non-hydrogen) atoms. The molecule has 2 N–H and O–H groups in total. The van der Waals surface area contributed by atoms with Crippen LogP contribution in [0.5, 0.6) is 0 Å². The van der Waals surface area contributed by atoms with Gasteiger partial charge in [-0.3, -0.25) is 0 Å². The number of nitrogens with zero attached hydrogens (tertiary/aromatic N) is 3. The van der Waals surface area contributed by atoms with Gasteiger partial charge in [-0.25, -0.2) is 0 Å². The third-order valence-electron chi connectivity index (χ3n) is 18.7. The first-order valence-electron chi connectivity index (χ1n) is 28.3. The molecule has 4 aliphatic heterocycles. The highest BCUT2D eigenvalue weighted by atomic mass is 16.3.